The van der Waals surface area contributed by atoms with Crippen LogP contribution >= 0.6 is 0 Å². The van der Waals surface area contributed by atoms with Crippen LogP contribution in [0.1, 0.15) is 64.5 Å². The number of amides is 2. The Kier molecular flexibility index (Phi) is 10.2. The van der Waals surface area contributed by atoms with Crippen LogP contribution in [-0.4, -0.2) is 42.5 Å². The van der Waals surface area contributed by atoms with Crippen molar-refractivity contribution in [1.82, 2.24) is 10.2 Å². The van der Waals surface area contributed by atoms with E-state index in [0.717, 1.165) is 17.5 Å². The van der Waals surface area contributed by atoms with Gasteiger partial charge in [0.25, 0.3) is 5.91 Å². The van der Waals surface area contributed by atoms with E-state index < -0.39 is 6.04 Å². The van der Waals surface area contributed by atoms with Crippen LogP contribution in [0.2, 0.25) is 0 Å². The van der Waals surface area contributed by atoms with Crippen molar-refractivity contribution in [1.29, 1.82) is 0 Å². The monoisotopic (exact) mass is 454 g/mol. The van der Waals surface area contributed by atoms with Crippen molar-refractivity contribution in [3.05, 3.63) is 59.7 Å². The Bertz CT molecular complexity index is 912. The maximum Gasteiger partial charge on any atom is 0.261 e. The Labute approximate surface area is 198 Å². The van der Waals surface area contributed by atoms with Gasteiger partial charge in [0.05, 0.1) is 7.11 Å². The van der Waals surface area contributed by atoms with Gasteiger partial charge in [-0.2, -0.15) is 0 Å². The Morgan fingerprint density at radius 1 is 1.00 bits per heavy atom. The quantitative estimate of drug-likeness (QED) is 0.494. The van der Waals surface area contributed by atoms with E-state index in [1.807, 2.05) is 69.3 Å². The van der Waals surface area contributed by atoms with Gasteiger partial charge < -0.3 is 19.7 Å². The molecule has 0 aliphatic carbocycles. The average molecular weight is 455 g/mol. The van der Waals surface area contributed by atoms with Crippen LogP contribution in [0.25, 0.3) is 0 Å². The molecule has 2 rings (SSSR count). The molecule has 2 atom stereocenters. The molecule has 6 heteroatoms. The summed E-state index contributed by atoms with van der Waals surface area (Å²) in [5.74, 6) is 1.29. The normalized spacial score (nSPS) is 12.7. The standard InChI is InChI=1S/C27H38N2O4/c1-7-20(5)28-27(31)24(8-2)29(17-21-12-11-13-22(16-21)32-6)26(30)18-33-25-15-10-9-14-23(25)19(3)4/h9-16,19-20,24H,7-8,17-18H2,1-6H3,(H,28,31)/t20-,24+/m1/s1. The molecule has 2 aromatic carbocycles. The fourth-order valence-corrected chi connectivity index (χ4v) is 3.64. The van der Waals surface area contributed by atoms with Gasteiger partial charge in [-0.1, -0.05) is 58.0 Å². The summed E-state index contributed by atoms with van der Waals surface area (Å²) in [6.45, 7) is 10.2. The summed E-state index contributed by atoms with van der Waals surface area (Å²) >= 11 is 0. The first-order valence-corrected chi connectivity index (χ1v) is 11.7. The molecule has 0 heterocycles. The number of hydrogen-bond donors (Lipinski definition) is 1. The molecule has 0 bridgehead atoms. The minimum Gasteiger partial charge on any atom is -0.497 e. The second kappa shape index (κ2) is 12.9. The van der Waals surface area contributed by atoms with Gasteiger partial charge in [0.15, 0.2) is 6.61 Å². The molecule has 0 saturated heterocycles. The Morgan fingerprint density at radius 3 is 2.36 bits per heavy atom. The largest absolute Gasteiger partial charge is 0.497 e. The number of nitrogens with one attached hydrogen (secondary N) is 1. The smallest absolute Gasteiger partial charge is 0.261 e. The number of rotatable bonds is 12. The summed E-state index contributed by atoms with van der Waals surface area (Å²) in [5, 5.41) is 3.02. The first-order chi connectivity index (χ1) is 15.8. The van der Waals surface area contributed by atoms with E-state index in [9.17, 15) is 9.59 Å². The Balaban J connectivity index is 2.28. The average Bonchev–Trinajstić information content (AvgIpc) is 2.82. The third kappa shape index (κ3) is 7.52. The first kappa shape index (κ1) is 26.2. The van der Waals surface area contributed by atoms with Crippen LogP contribution in [0.15, 0.2) is 48.5 Å². The molecule has 0 aromatic heterocycles. The number of benzene rings is 2. The molecule has 180 valence electrons. The number of para-hydroxylation sites is 1. The molecule has 2 aromatic rings. The van der Waals surface area contributed by atoms with E-state index >= 15 is 0 Å². The summed E-state index contributed by atoms with van der Waals surface area (Å²) in [7, 11) is 1.61. The molecule has 2 amide bonds. The lowest BCUT2D eigenvalue weighted by Gasteiger charge is -2.31. The van der Waals surface area contributed by atoms with Crippen LogP contribution in [-0.2, 0) is 16.1 Å². The van der Waals surface area contributed by atoms with E-state index in [2.05, 4.69) is 19.2 Å². The van der Waals surface area contributed by atoms with Crippen LogP contribution in [0.3, 0.4) is 0 Å². The predicted molar refractivity (Wildman–Crippen MR) is 132 cm³/mol. The maximum absolute atomic E-state index is 13.4. The van der Waals surface area contributed by atoms with E-state index in [1.165, 1.54) is 0 Å². The summed E-state index contributed by atoms with van der Waals surface area (Å²) < 4.78 is 11.3. The van der Waals surface area contributed by atoms with Crippen molar-refractivity contribution in [3.8, 4) is 11.5 Å². The molecule has 0 aliphatic rings. The van der Waals surface area contributed by atoms with Crippen molar-refractivity contribution in [2.45, 2.75) is 72.0 Å². The number of carbonyl (C=O) groups excluding carboxylic acids is 2. The molecule has 0 aliphatic heterocycles. The van der Waals surface area contributed by atoms with Gasteiger partial charge in [0.2, 0.25) is 5.91 Å². The molecular formula is C27H38N2O4. The molecule has 0 unspecified atom stereocenters. The van der Waals surface area contributed by atoms with Crippen molar-refractivity contribution in [3.63, 3.8) is 0 Å². The van der Waals surface area contributed by atoms with E-state index in [-0.39, 0.29) is 36.9 Å². The highest BCUT2D eigenvalue weighted by molar-refractivity contribution is 5.88. The van der Waals surface area contributed by atoms with Crippen molar-refractivity contribution < 1.29 is 19.1 Å². The van der Waals surface area contributed by atoms with E-state index in [4.69, 9.17) is 9.47 Å². The highest BCUT2D eigenvalue weighted by atomic mass is 16.5. The zero-order valence-corrected chi connectivity index (χ0v) is 20.8. The Hall–Kier alpha value is -3.02. The van der Waals surface area contributed by atoms with Gasteiger partial charge in [0, 0.05) is 12.6 Å². The first-order valence-electron chi connectivity index (χ1n) is 11.7. The number of hydrogen-bond acceptors (Lipinski definition) is 4. The third-order valence-electron chi connectivity index (χ3n) is 5.77. The van der Waals surface area contributed by atoms with Crippen LogP contribution in [0.5, 0.6) is 11.5 Å². The number of carbonyl (C=O) groups is 2. The predicted octanol–water partition coefficient (Wildman–Crippen LogP) is 4.92. The molecule has 0 radical (unpaired) electrons. The summed E-state index contributed by atoms with van der Waals surface area (Å²) in [4.78, 5) is 28.1. The van der Waals surface area contributed by atoms with E-state index in [1.54, 1.807) is 12.0 Å². The molecule has 0 spiro atoms. The zero-order chi connectivity index (χ0) is 24.4. The highest BCUT2D eigenvalue weighted by Gasteiger charge is 2.29. The van der Waals surface area contributed by atoms with Gasteiger partial charge in [-0.05, 0) is 55.0 Å². The molecule has 33 heavy (non-hydrogen) atoms. The minimum absolute atomic E-state index is 0.0366. The summed E-state index contributed by atoms with van der Waals surface area (Å²) in [6.07, 6.45) is 1.32. The second-order valence-corrected chi connectivity index (χ2v) is 8.60. The minimum atomic E-state index is -0.596. The fourth-order valence-electron chi connectivity index (χ4n) is 3.64. The van der Waals surface area contributed by atoms with Gasteiger partial charge in [-0.15, -0.1) is 0 Å². The van der Waals surface area contributed by atoms with E-state index in [0.29, 0.717) is 17.9 Å². The molecule has 0 fully saturated rings. The van der Waals surface area contributed by atoms with Crippen LogP contribution in [0, 0.1) is 0 Å². The molecule has 1 N–H and O–H groups in total. The van der Waals surface area contributed by atoms with Gasteiger partial charge >= 0.3 is 0 Å². The highest BCUT2D eigenvalue weighted by Crippen LogP contribution is 2.26. The van der Waals surface area contributed by atoms with Gasteiger partial charge in [-0.3, -0.25) is 9.59 Å². The Morgan fingerprint density at radius 2 is 1.73 bits per heavy atom. The number of ether oxygens (including phenoxy) is 2. The lowest BCUT2D eigenvalue weighted by Crippen LogP contribution is -2.51. The number of methoxy groups -OCH3 is 1. The topological polar surface area (TPSA) is 67.9 Å². The summed E-state index contributed by atoms with van der Waals surface area (Å²) in [5.41, 5.74) is 1.94. The van der Waals surface area contributed by atoms with Gasteiger partial charge in [-0.25, -0.2) is 0 Å². The summed E-state index contributed by atoms with van der Waals surface area (Å²) in [6, 6.07) is 14.7. The zero-order valence-electron chi connectivity index (χ0n) is 20.8. The van der Waals surface area contributed by atoms with Crippen LogP contribution in [0.4, 0.5) is 0 Å². The maximum atomic E-state index is 13.4. The fraction of sp³-hybridized carbons (Fsp3) is 0.481. The number of nitrogens with zero attached hydrogens (tertiary/aromatic N) is 1. The van der Waals surface area contributed by atoms with Crippen molar-refractivity contribution in [2.24, 2.45) is 0 Å². The lowest BCUT2D eigenvalue weighted by molar-refractivity contribution is -0.143. The van der Waals surface area contributed by atoms with Crippen molar-refractivity contribution in [2.75, 3.05) is 13.7 Å². The van der Waals surface area contributed by atoms with Crippen LogP contribution < -0.4 is 14.8 Å². The third-order valence-corrected chi connectivity index (χ3v) is 5.77. The second-order valence-electron chi connectivity index (χ2n) is 8.60. The van der Waals surface area contributed by atoms with Crippen molar-refractivity contribution >= 4 is 11.8 Å². The molecular weight excluding hydrogens is 416 g/mol. The lowest BCUT2D eigenvalue weighted by atomic mass is 10.0. The molecule has 0 saturated carbocycles. The SMILES string of the molecule is CC[C@@H](C)NC(=O)[C@H](CC)N(Cc1cccc(OC)c1)C(=O)COc1ccccc1C(C)C. The van der Waals surface area contributed by atoms with Gasteiger partial charge in [0.1, 0.15) is 17.5 Å². The molecule has 6 nitrogen and oxygen atoms in total.